The van der Waals surface area contributed by atoms with E-state index in [0.29, 0.717) is 17.3 Å². The molecule has 106 valence electrons. The maximum absolute atomic E-state index is 11.1. The minimum absolute atomic E-state index is 0.617. The van der Waals surface area contributed by atoms with Crippen LogP contribution in [-0.2, 0) is 10.5 Å². The summed E-state index contributed by atoms with van der Waals surface area (Å²) in [7, 11) is 3.19. The Morgan fingerprint density at radius 1 is 1.26 bits per heavy atom. The molecule has 19 heavy (non-hydrogen) atoms. The second kappa shape index (κ2) is 6.19. The molecule has 0 aliphatic heterocycles. The Morgan fingerprint density at radius 2 is 1.79 bits per heavy atom. The summed E-state index contributed by atoms with van der Waals surface area (Å²) < 4.78 is 9.68. The Hall–Kier alpha value is -1.36. The summed E-state index contributed by atoms with van der Waals surface area (Å²) in [6.45, 7) is 5.39. The predicted molar refractivity (Wildman–Crippen MR) is 77.3 cm³/mol. The fourth-order valence-corrected chi connectivity index (χ4v) is 2.45. The number of aliphatic carboxylic acids is 1. The van der Waals surface area contributed by atoms with Crippen LogP contribution in [0, 0.1) is 6.92 Å². The lowest BCUT2D eigenvalue weighted by molar-refractivity contribution is -0.138. The topological polar surface area (TPSA) is 55.8 Å². The third-order valence-electron chi connectivity index (χ3n) is 2.95. The van der Waals surface area contributed by atoms with Gasteiger partial charge in [0.1, 0.15) is 4.75 Å². The molecule has 0 radical (unpaired) electrons. The lowest BCUT2D eigenvalue weighted by Gasteiger charge is -2.19. The first-order valence-corrected chi connectivity index (χ1v) is 6.89. The standard InChI is InChI=1S/C14H20O4S/c1-9-6-11(17-4)12(18-5)7-10(9)8-19-14(2,3)13(15)16/h6-7H,8H2,1-5H3,(H,15,16). The van der Waals surface area contributed by atoms with Crippen molar-refractivity contribution < 1.29 is 19.4 Å². The molecule has 0 fully saturated rings. The van der Waals surface area contributed by atoms with Crippen molar-refractivity contribution in [3.05, 3.63) is 23.3 Å². The molecule has 4 nitrogen and oxygen atoms in total. The molecule has 0 aromatic heterocycles. The van der Waals surface area contributed by atoms with Crippen molar-refractivity contribution in [2.24, 2.45) is 0 Å². The van der Waals surface area contributed by atoms with E-state index in [1.807, 2.05) is 19.1 Å². The van der Waals surface area contributed by atoms with Crippen LogP contribution in [0.3, 0.4) is 0 Å². The van der Waals surface area contributed by atoms with Crippen molar-refractivity contribution >= 4 is 17.7 Å². The summed E-state index contributed by atoms with van der Waals surface area (Å²) in [4.78, 5) is 11.1. The Morgan fingerprint density at radius 3 is 2.26 bits per heavy atom. The van der Waals surface area contributed by atoms with E-state index in [4.69, 9.17) is 14.6 Å². The van der Waals surface area contributed by atoms with E-state index in [9.17, 15) is 4.79 Å². The van der Waals surface area contributed by atoms with Crippen molar-refractivity contribution in [2.75, 3.05) is 14.2 Å². The molecule has 0 atom stereocenters. The Bertz CT molecular complexity index is 469. The minimum atomic E-state index is -0.810. The SMILES string of the molecule is COc1cc(C)c(CSC(C)(C)C(=O)O)cc1OC. The first-order valence-electron chi connectivity index (χ1n) is 5.90. The van der Waals surface area contributed by atoms with Gasteiger partial charge in [0.15, 0.2) is 11.5 Å². The maximum Gasteiger partial charge on any atom is 0.319 e. The molecule has 0 amide bonds. The summed E-state index contributed by atoms with van der Waals surface area (Å²) >= 11 is 1.39. The number of carboxylic acid groups (broad SMARTS) is 1. The monoisotopic (exact) mass is 284 g/mol. The fourth-order valence-electron chi connectivity index (χ4n) is 1.50. The number of carbonyl (C=O) groups is 1. The zero-order valence-corrected chi connectivity index (χ0v) is 12.8. The Kier molecular flexibility index (Phi) is 5.11. The second-order valence-corrected chi connectivity index (χ2v) is 6.34. The number of ether oxygens (including phenoxy) is 2. The van der Waals surface area contributed by atoms with Crippen molar-refractivity contribution in [1.82, 2.24) is 0 Å². The summed E-state index contributed by atoms with van der Waals surface area (Å²) in [5, 5.41) is 9.11. The van der Waals surface area contributed by atoms with Gasteiger partial charge in [-0.15, -0.1) is 11.8 Å². The van der Waals surface area contributed by atoms with Crippen LogP contribution in [0.25, 0.3) is 0 Å². The smallest absolute Gasteiger partial charge is 0.319 e. The molecule has 1 N–H and O–H groups in total. The zero-order valence-electron chi connectivity index (χ0n) is 11.9. The van der Waals surface area contributed by atoms with Gasteiger partial charge in [-0.3, -0.25) is 4.79 Å². The van der Waals surface area contributed by atoms with Crippen molar-refractivity contribution in [3.63, 3.8) is 0 Å². The van der Waals surface area contributed by atoms with Crippen molar-refractivity contribution in [1.29, 1.82) is 0 Å². The zero-order chi connectivity index (χ0) is 14.6. The highest BCUT2D eigenvalue weighted by atomic mass is 32.2. The van der Waals surface area contributed by atoms with Gasteiger partial charge < -0.3 is 14.6 Å². The van der Waals surface area contributed by atoms with Crippen LogP contribution < -0.4 is 9.47 Å². The average Bonchev–Trinajstić information content (AvgIpc) is 2.36. The van der Waals surface area contributed by atoms with Gasteiger partial charge in [0.2, 0.25) is 0 Å². The molecule has 0 aliphatic rings. The summed E-state index contributed by atoms with van der Waals surface area (Å²) in [5.74, 6) is 1.16. The van der Waals surface area contributed by atoms with Crippen LogP contribution in [-0.4, -0.2) is 30.0 Å². The van der Waals surface area contributed by atoms with Crippen LogP contribution in [0.4, 0.5) is 0 Å². The summed E-state index contributed by atoms with van der Waals surface area (Å²) in [6, 6.07) is 3.81. The third-order valence-corrected chi connectivity index (χ3v) is 4.30. The van der Waals surface area contributed by atoms with Crippen LogP contribution in [0.1, 0.15) is 25.0 Å². The lowest BCUT2D eigenvalue weighted by Crippen LogP contribution is -2.27. The highest BCUT2D eigenvalue weighted by Gasteiger charge is 2.27. The van der Waals surface area contributed by atoms with E-state index in [-0.39, 0.29) is 0 Å². The molecule has 0 aliphatic carbocycles. The first kappa shape index (κ1) is 15.7. The van der Waals surface area contributed by atoms with E-state index in [2.05, 4.69) is 0 Å². The van der Waals surface area contributed by atoms with Gasteiger partial charge in [0.25, 0.3) is 0 Å². The molecule has 1 rings (SSSR count). The van der Waals surface area contributed by atoms with Crippen LogP contribution in [0.15, 0.2) is 12.1 Å². The lowest BCUT2D eigenvalue weighted by atomic mass is 10.1. The number of aryl methyl sites for hydroxylation is 1. The number of carboxylic acids is 1. The number of thioether (sulfide) groups is 1. The minimum Gasteiger partial charge on any atom is -0.493 e. The normalized spacial score (nSPS) is 11.2. The van der Waals surface area contributed by atoms with Gasteiger partial charge in [-0.1, -0.05) is 0 Å². The molecule has 0 saturated heterocycles. The van der Waals surface area contributed by atoms with Crippen LogP contribution >= 0.6 is 11.8 Å². The molecule has 0 spiro atoms. The Labute approximate surface area is 118 Å². The molecule has 0 unspecified atom stereocenters. The number of benzene rings is 1. The average molecular weight is 284 g/mol. The third kappa shape index (κ3) is 3.80. The van der Waals surface area contributed by atoms with Gasteiger partial charge in [-0.2, -0.15) is 0 Å². The highest BCUT2D eigenvalue weighted by Crippen LogP contribution is 2.34. The number of methoxy groups -OCH3 is 2. The molecular weight excluding hydrogens is 264 g/mol. The van der Waals surface area contributed by atoms with E-state index in [1.54, 1.807) is 28.1 Å². The van der Waals surface area contributed by atoms with Gasteiger partial charge in [-0.25, -0.2) is 0 Å². The molecule has 0 bridgehead atoms. The van der Waals surface area contributed by atoms with Crippen molar-refractivity contribution in [3.8, 4) is 11.5 Å². The Balaban J connectivity index is 2.93. The largest absolute Gasteiger partial charge is 0.493 e. The molecule has 1 aromatic rings. The van der Waals surface area contributed by atoms with Crippen molar-refractivity contribution in [2.45, 2.75) is 31.3 Å². The van der Waals surface area contributed by atoms with Gasteiger partial charge in [0.05, 0.1) is 14.2 Å². The van der Waals surface area contributed by atoms with E-state index >= 15 is 0 Å². The van der Waals surface area contributed by atoms with Crippen LogP contribution in [0.2, 0.25) is 0 Å². The number of rotatable bonds is 6. The maximum atomic E-state index is 11.1. The quantitative estimate of drug-likeness (QED) is 0.870. The molecule has 0 heterocycles. The van der Waals surface area contributed by atoms with E-state index in [0.717, 1.165) is 11.1 Å². The summed E-state index contributed by atoms with van der Waals surface area (Å²) in [6.07, 6.45) is 0. The predicted octanol–water partition coefficient (Wildman–Crippen LogP) is 3.11. The number of hydrogen-bond acceptors (Lipinski definition) is 4. The second-order valence-electron chi connectivity index (χ2n) is 4.74. The molecule has 1 aromatic carbocycles. The molecular formula is C14H20O4S. The van der Waals surface area contributed by atoms with E-state index in [1.165, 1.54) is 11.8 Å². The molecule has 0 saturated carbocycles. The molecule has 5 heteroatoms. The van der Waals surface area contributed by atoms with Gasteiger partial charge in [-0.05, 0) is 44.0 Å². The summed E-state index contributed by atoms with van der Waals surface area (Å²) in [5.41, 5.74) is 2.11. The van der Waals surface area contributed by atoms with Crippen LogP contribution in [0.5, 0.6) is 11.5 Å². The van der Waals surface area contributed by atoms with Gasteiger partial charge >= 0.3 is 5.97 Å². The van der Waals surface area contributed by atoms with Gasteiger partial charge in [0, 0.05) is 5.75 Å². The van der Waals surface area contributed by atoms with E-state index < -0.39 is 10.7 Å². The fraction of sp³-hybridized carbons (Fsp3) is 0.500. The first-order chi connectivity index (χ1) is 8.81. The highest BCUT2D eigenvalue weighted by molar-refractivity contribution is 8.00. The number of hydrogen-bond donors (Lipinski definition) is 1.